The molecule has 0 atom stereocenters. The number of fused-ring (bicyclic) bond motifs is 1. The number of benzene rings is 2. The molecule has 0 saturated carbocycles. The van der Waals surface area contributed by atoms with Crippen molar-refractivity contribution in [3.63, 3.8) is 0 Å². The molecule has 0 bridgehead atoms. The molecule has 2 heterocycles. The average Bonchev–Trinajstić information content (AvgIpc) is 2.95. The summed E-state index contributed by atoms with van der Waals surface area (Å²) in [6.07, 6.45) is 4.67. The number of phenolic OH excluding ortho intramolecular Hbond substituents is 1. The van der Waals surface area contributed by atoms with Crippen LogP contribution in [0.2, 0.25) is 0 Å². The quantitative estimate of drug-likeness (QED) is 0.686. The lowest BCUT2D eigenvalue weighted by atomic mass is 9.97. The molecule has 3 aromatic rings. The molecule has 152 valence electrons. The molecular formula is C23H26N2O4. The second kappa shape index (κ2) is 8.07. The van der Waals surface area contributed by atoms with Gasteiger partial charge in [0, 0.05) is 36.9 Å². The van der Waals surface area contributed by atoms with Gasteiger partial charge in [0.2, 0.25) is 0 Å². The Balaban J connectivity index is 1.82. The van der Waals surface area contributed by atoms with Crippen molar-refractivity contribution in [1.82, 2.24) is 9.78 Å². The number of hydrogen-bond acceptors (Lipinski definition) is 5. The van der Waals surface area contributed by atoms with Crippen LogP contribution >= 0.6 is 0 Å². The van der Waals surface area contributed by atoms with Crippen molar-refractivity contribution < 1.29 is 19.3 Å². The van der Waals surface area contributed by atoms with Gasteiger partial charge in [0.15, 0.2) is 11.5 Å². The van der Waals surface area contributed by atoms with Crippen molar-refractivity contribution >= 4 is 0 Å². The first kappa shape index (κ1) is 19.2. The van der Waals surface area contributed by atoms with E-state index in [0.29, 0.717) is 24.5 Å². The third kappa shape index (κ3) is 3.75. The number of aryl methyl sites for hydroxylation is 2. The first-order valence-corrected chi connectivity index (χ1v) is 9.94. The predicted octanol–water partition coefficient (Wildman–Crippen LogP) is 4.58. The Labute approximate surface area is 170 Å². The average molecular weight is 394 g/mol. The Hall–Kier alpha value is -3.15. The summed E-state index contributed by atoms with van der Waals surface area (Å²) in [5.41, 5.74) is 4.35. The van der Waals surface area contributed by atoms with E-state index < -0.39 is 0 Å². The number of aromatic hydroxyl groups is 1. The lowest BCUT2D eigenvalue weighted by molar-refractivity contribution is 0.297. The molecule has 0 radical (unpaired) electrons. The Bertz CT molecular complexity index is 1030. The Morgan fingerprint density at radius 1 is 1.10 bits per heavy atom. The molecule has 6 heteroatoms. The van der Waals surface area contributed by atoms with Crippen molar-refractivity contribution in [3.8, 4) is 45.4 Å². The summed E-state index contributed by atoms with van der Waals surface area (Å²) >= 11 is 0. The first-order valence-electron chi connectivity index (χ1n) is 9.94. The van der Waals surface area contributed by atoms with Gasteiger partial charge in [-0.05, 0) is 35.7 Å². The molecule has 0 aliphatic carbocycles. The van der Waals surface area contributed by atoms with Crippen LogP contribution in [-0.2, 0) is 13.5 Å². The fourth-order valence-electron chi connectivity index (χ4n) is 3.69. The Morgan fingerprint density at radius 3 is 2.66 bits per heavy atom. The van der Waals surface area contributed by atoms with Crippen LogP contribution in [0, 0.1) is 0 Å². The number of rotatable bonds is 5. The van der Waals surface area contributed by atoms with Crippen LogP contribution in [0.15, 0.2) is 36.5 Å². The number of hydrogen-bond donors (Lipinski definition) is 1. The van der Waals surface area contributed by atoms with Gasteiger partial charge >= 0.3 is 0 Å². The summed E-state index contributed by atoms with van der Waals surface area (Å²) < 4.78 is 18.8. The maximum atomic E-state index is 10.7. The standard InChI is InChI=1S/C23H26N2O4/c1-4-6-16-11-17(19(26)13-21(16)27-3)23-18(14-25(2)24-23)15-7-8-20-22(12-15)29-10-5-9-28-20/h7-8,11-14,26H,4-6,9-10H2,1-3H3. The molecular weight excluding hydrogens is 368 g/mol. The molecule has 29 heavy (non-hydrogen) atoms. The SMILES string of the molecule is CCCc1cc(-c2nn(C)cc2-c2ccc3c(c2)OCCCO3)c(O)cc1OC. The molecule has 6 nitrogen and oxygen atoms in total. The van der Waals surface area contributed by atoms with E-state index in [1.54, 1.807) is 17.9 Å². The number of phenols is 1. The molecule has 0 amide bonds. The van der Waals surface area contributed by atoms with Crippen LogP contribution in [0.3, 0.4) is 0 Å². The monoisotopic (exact) mass is 394 g/mol. The summed E-state index contributed by atoms with van der Waals surface area (Å²) in [5.74, 6) is 2.34. The van der Waals surface area contributed by atoms with Crippen LogP contribution in [0.4, 0.5) is 0 Å². The lowest BCUT2D eigenvalue weighted by Crippen LogP contribution is -1.97. The normalized spacial score (nSPS) is 13.2. The zero-order valence-corrected chi connectivity index (χ0v) is 17.1. The molecule has 1 aliphatic rings. The molecule has 1 aliphatic heterocycles. The van der Waals surface area contributed by atoms with Crippen LogP contribution in [0.25, 0.3) is 22.4 Å². The van der Waals surface area contributed by atoms with Crippen LogP contribution in [0.5, 0.6) is 23.0 Å². The molecule has 4 rings (SSSR count). The van der Waals surface area contributed by atoms with E-state index >= 15 is 0 Å². The van der Waals surface area contributed by atoms with Crippen LogP contribution in [-0.4, -0.2) is 35.2 Å². The van der Waals surface area contributed by atoms with Crippen molar-refractivity contribution in [1.29, 1.82) is 0 Å². The molecule has 0 spiro atoms. The lowest BCUT2D eigenvalue weighted by Gasteiger charge is -2.13. The summed E-state index contributed by atoms with van der Waals surface area (Å²) in [7, 11) is 3.50. The predicted molar refractivity (Wildman–Crippen MR) is 112 cm³/mol. The van der Waals surface area contributed by atoms with Gasteiger partial charge in [-0.15, -0.1) is 0 Å². The van der Waals surface area contributed by atoms with E-state index in [1.807, 2.05) is 37.5 Å². The zero-order chi connectivity index (χ0) is 20.4. The van der Waals surface area contributed by atoms with E-state index in [-0.39, 0.29) is 5.75 Å². The van der Waals surface area contributed by atoms with Crippen molar-refractivity contribution in [2.24, 2.45) is 7.05 Å². The van der Waals surface area contributed by atoms with Crippen molar-refractivity contribution in [3.05, 3.63) is 42.1 Å². The van der Waals surface area contributed by atoms with E-state index in [1.165, 1.54) is 0 Å². The molecule has 1 N–H and O–H groups in total. The molecule has 2 aromatic carbocycles. The fraction of sp³-hybridized carbons (Fsp3) is 0.348. The van der Waals surface area contributed by atoms with E-state index in [9.17, 15) is 5.11 Å². The maximum absolute atomic E-state index is 10.7. The largest absolute Gasteiger partial charge is 0.507 e. The minimum absolute atomic E-state index is 0.149. The van der Waals surface area contributed by atoms with Crippen molar-refractivity contribution in [2.45, 2.75) is 26.2 Å². The number of nitrogens with zero attached hydrogens (tertiary/aromatic N) is 2. The van der Waals surface area contributed by atoms with Gasteiger partial charge in [0.05, 0.1) is 20.3 Å². The Kier molecular flexibility index (Phi) is 5.34. The highest BCUT2D eigenvalue weighted by molar-refractivity contribution is 5.84. The fourth-order valence-corrected chi connectivity index (χ4v) is 3.69. The minimum Gasteiger partial charge on any atom is -0.507 e. The van der Waals surface area contributed by atoms with Gasteiger partial charge < -0.3 is 19.3 Å². The molecule has 0 saturated heterocycles. The van der Waals surface area contributed by atoms with Gasteiger partial charge in [-0.1, -0.05) is 19.4 Å². The zero-order valence-electron chi connectivity index (χ0n) is 17.1. The summed E-state index contributed by atoms with van der Waals surface area (Å²) in [4.78, 5) is 0. The highest BCUT2D eigenvalue weighted by atomic mass is 16.5. The molecule has 1 aromatic heterocycles. The minimum atomic E-state index is 0.149. The second-order valence-corrected chi connectivity index (χ2v) is 7.21. The van der Waals surface area contributed by atoms with Crippen LogP contribution < -0.4 is 14.2 Å². The topological polar surface area (TPSA) is 65.7 Å². The van der Waals surface area contributed by atoms with Gasteiger partial charge in [-0.25, -0.2) is 0 Å². The number of ether oxygens (including phenoxy) is 3. The second-order valence-electron chi connectivity index (χ2n) is 7.21. The Morgan fingerprint density at radius 2 is 1.90 bits per heavy atom. The molecule has 0 unspecified atom stereocenters. The van der Waals surface area contributed by atoms with Gasteiger partial charge in [0.25, 0.3) is 0 Å². The highest BCUT2D eigenvalue weighted by Crippen LogP contribution is 2.41. The third-order valence-corrected chi connectivity index (χ3v) is 5.06. The highest BCUT2D eigenvalue weighted by Gasteiger charge is 2.20. The number of methoxy groups -OCH3 is 1. The van der Waals surface area contributed by atoms with E-state index in [4.69, 9.17) is 14.2 Å². The third-order valence-electron chi connectivity index (χ3n) is 5.06. The van der Waals surface area contributed by atoms with Gasteiger partial charge in [0.1, 0.15) is 17.2 Å². The summed E-state index contributed by atoms with van der Waals surface area (Å²) in [6, 6.07) is 9.57. The summed E-state index contributed by atoms with van der Waals surface area (Å²) in [6.45, 7) is 3.41. The molecule has 0 fully saturated rings. The van der Waals surface area contributed by atoms with Crippen LogP contribution in [0.1, 0.15) is 25.3 Å². The number of aromatic nitrogens is 2. The van der Waals surface area contributed by atoms with E-state index in [2.05, 4.69) is 12.0 Å². The summed E-state index contributed by atoms with van der Waals surface area (Å²) in [5, 5.41) is 15.4. The van der Waals surface area contributed by atoms with Crippen molar-refractivity contribution in [2.75, 3.05) is 20.3 Å². The smallest absolute Gasteiger partial charge is 0.161 e. The van der Waals surface area contributed by atoms with Gasteiger partial charge in [-0.3, -0.25) is 4.68 Å². The van der Waals surface area contributed by atoms with Gasteiger partial charge in [-0.2, -0.15) is 5.10 Å². The first-order chi connectivity index (χ1) is 14.1. The van der Waals surface area contributed by atoms with E-state index in [0.717, 1.165) is 53.1 Å². The maximum Gasteiger partial charge on any atom is 0.161 e.